The molecule has 0 spiro atoms. The summed E-state index contributed by atoms with van der Waals surface area (Å²) in [4.78, 5) is 25.9. The third-order valence-electron chi connectivity index (χ3n) is 4.23. The minimum absolute atomic E-state index is 0.102. The zero-order chi connectivity index (χ0) is 18.1. The van der Waals surface area contributed by atoms with Crippen LogP contribution in [0.3, 0.4) is 0 Å². The smallest absolute Gasteiger partial charge is 0.271 e. The minimum Gasteiger partial charge on any atom is -0.366 e. The molecule has 0 atom stereocenters. The van der Waals surface area contributed by atoms with E-state index >= 15 is 0 Å². The van der Waals surface area contributed by atoms with E-state index in [-0.39, 0.29) is 5.91 Å². The molecule has 3 aromatic rings. The van der Waals surface area contributed by atoms with Crippen LogP contribution >= 0.6 is 15.9 Å². The van der Waals surface area contributed by atoms with E-state index in [1.54, 1.807) is 30.1 Å². The van der Waals surface area contributed by atoms with Crippen molar-refractivity contribution in [2.24, 2.45) is 12.8 Å². The third kappa shape index (κ3) is 3.17. The largest absolute Gasteiger partial charge is 0.366 e. The highest BCUT2D eigenvalue weighted by Crippen LogP contribution is 2.31. The first-order valence-corrected chi connectivity index (χ1v) is 8.56. The average Bonchev–Trinajstić information content (AvgIpc) is 2.86. The normalized spacial score (nSPS) is 10.8. The van der Waals surface area contributed by atoms with E-state index in [1.165, 1.54) is 0 Å². The van der Waals surface area contributed by atoms with Crippen LogP contribution in [-0.2, 0) is 13.6 Å². The highest BCUT2D eigenvalue weighted by atomic mass is 79.9. The number of aromatic nitrogens is 1. The van der Waals surface area contributed by atoms with Crippen molar-refractivity contribution in [3.63, 3.8) is 0 Å². The van der Waals surface area contributed by atoms with Crippen LogP contribution in [0.4, 0.5) is 0 Å². The molecule has 5 nitrogen and oxygen atoms in total. The van der Waals surface area contributed by atoms with Crippen molar-refractivity contribution in [1.29, 1.82) is 0 Å². The molecular formula is C19H18BrN3O2. The van der Waals surface area contributed by atoms with Gasteiger partial charge in [-0.2, -0.15) is 0 Å². The summed E-state index contributed by atoms with van der Waals surface area (Å²) in [6, 6.07) is 14.9. The Bertz CT molecular complexity index is 939. The van der Waals surface area contributed by atoms with E-state index in [2.05, 4.69) is 15.9 Å². The molecule has 25 heavy (non-hydrogen) atoms. The predicted octanol–water partition coefficient (Wildman–Crippen LogP) is 3.31. The summed E-state index contributed by atoms with van der Waals surface area (Å²) < 4.78 is 2.67. The molecule has 0 saturated heterocycles. The molecule has 0 fully saturated rings. The quantitative estimate of drug-likeness (QED) is 0.730. The first-order valence-electron chi connectivity index (χ1n) is 7.77. The van der Waals surface area contributed by atoms with Crippen LogP contribution in [0.15, 0.2) is 53.0 Å². The summed E-state index contributed by atoms with van der Waals surface area (Å²) in [7, 11) is 3.62. The minimum atomic E-state index is -0.479. The fourth-order valence-corrected chi connectivity index (χ4v) is 3.70. The maximum atomic E-state index is 13.0. The standard InChI is InChI=1S/C19H18BrN3O2/c1-22(11-12-6-5-7-13(10-12)18(21)24)19(25)17-16(20)14-8-3-4-9-15(14)23(17)2/h3-10H,11H2,1-2H3,(H2,21,24). The van der Waals surface area contributed by atoms with Gasteiger partial charge in [-0.15, -0.1) is 0 Å². The Kier molecular flexibility index (Phi) is 4.63. The van der Waals surface area contributed by atoms with Gasteiger partial charge in [0.25, 0.3) is 5.91 Å². The summed E-state index contributed by atoms with van der Waals surface area (Å²) in [5.74, 6) is -0.581. The number of rotatable bonds is 4. The van der Waals surface area contributed by atoms with E-state index in [1.807, 2.05) is 41.9 Å². The molecule has 2 N–H and O–H groups in total. The van der Waals surface area contributed by atoms with Gasteiger partial charge < -0.3 is 15.2 Å². The lowest BCUT2D eigenvalue weighted by Crippen LogP contribution is -2.28. The van der Waals surface area contributed by atoms with Gasteiger partial charge in [0.15, 0.2) is 0 Å². The van der Waals surface area contributed by atoms with Gasteiger partial charge in [0.05, 0.1) is 4.47 Å². The van der Waals surface area contributed by atoms with Crippen LogP contribution in [0.2, 0.25) is 0 Å². The molecule has 6 heteroatoms. The second-order valence-corrected chi connectivity index (χ2v) is 6.76. The highest BCUT2D eigenvalue weighted by molar-refractivity contribution is 9.10. The summed E-state index contributed by atoms with van der Waals surface area (Å²) in [6.07, 6.45) is 0. The number of aryl methyl sites for hydroxylation is 1. The molecule has 3 rings (SSSR count). The molecule has 2 aromatic carbocycles. The number of hydrogen-bond donors (Lipinski definition) is 1. The molecular weight excluding hydrogens is 382 g/mol. The van der Waals surface area contributed by atoms with Gasteiger partial charge in [-0.25, -0.2) is 0 Å². The van der Waals surface area contributed by atoms with Crippen molar-refractivity contribution in [3.05, 3.63) is 69.8 Å². The van der Waals surface area contributed by atoms with Gasteiger partial charge in [-0.05, 0) is 39.7 Å². The molecule has 0 aliphatic carbocycles. The van der Waals surface area contributed by atoms with Gasteiger partial charge in [-0.3, -0.25) is 9.59 Å². The first-order chi connectivity index (χ1) is 11.9. The van der Waals surface area contributed by atoms with Crippen molar-refractivity contribution in [1.82, 2.24) is 9.47 Å². The van der Waals surface area contributed by atoms with E-state index in [0.717, 1.165) is 20.9 Å². The van der Waals surface area contributed by atoms with Crippen LogP contribution in [-0.4, -0.2) is 28.3 Å². The van der Waals surface area contributed by atoms with Gasteiger partial charge in [-0.1, -0.05) is 30.3 Å². The molecule has 0 radical (unpaired) electrons. The third-order valence-corrected chi connectivity index (χ3v) is 5.03. The number of para-hydroxylation sites is 1. The number of amides is 2. The Hall–Kier alpha value is -2.60. The number of hydrogen-bond acceptors (Lipinski definition) is 2. The molecule has 0 aliphatic heterocycles. The van der Waals surface area contributed by atoms with Crippen LogP contribution in [0.5, 0.6) is 0 Å². The zero-order valence-electron chi connectivity index (χ0n) is 14.0. The Morgan fingerprint density at radius 3 is 2.56 bits per heavy atom. The summed E-state index contributed by atoms with van der Waals surface area (Å²) in [5.41, 5.74) is 8.18. The van der Waals surface area contributed by atoms with Gasteiger partial charge in [0.1, 0.15) is 5.69 Å². The fraction of sp³-hybridized carbons (Fsp3) is 0.158. The lowest BCUT2D eigenvalue weighted by Gasteiger charge is -2.18. The number of benzene rings is 2. The second-order valence-electron chi connectivity index (χ2n) is 5.96. The van der Waals surface area contributed by atoms with Gasteiger partial charge in [0.2, 0.25) is 5.91 Å². The molecule has 128 valence electrons. The molecule has 1 heterocycles. The van der Waals surface area contributed by atoms with E-state index in [0.29, 0.717) is 17.8 Å². The number of primary amides is 1. The zero-order valence-corrected chi connectivity index (χ0v) is 15.6. The number of fused-ring (bicyclic) bond motifs is 1. The van der Waals surface area contributed by atoms with Crippen LogP contribution in [0.25, 0.3) is 10.9 Å². The highest BCUT2D eigenvalue weighted by Gasteiger charge is 2.22. The predicted molar refractivity (Wildman–Crippen MR) is 101 cm³/mol. The van der Waals surface area contributed by atoms with Gasteiger partial charge >= 0.3 is 0 Å². The molecule has 0 aliphatic rings. The summed E-state index contributed by atoms with van der Waals surface area (Å²) >= 11 is 3.56. The monoisotopic (exact) mass is 399 g/mol. The first kappa shape index (κ1) is 17.2. The van der Waals surface area contributed by atoms with Crippen molar-refractivity contribution >= 4 is 38.6 Å². The van der Waals surface area contributed by atoms with Crippen LogP contribution in [0, 0.1) is 0 Å². The Morgan fingerprint density at radius 1 is 1.16 bits per heavy atom. The van der Waals surface area contributed by atoms with Crippen molar-refractivity contribution in [2.45, 2.75) is 6.54 Å². The number of carbonyl (C=O) groups is 2. The molecule has 0 bridgehead atoms. The van der Waals surface area contributed by atoms with Gasteiger partial charge in [0, 0.05) is 37.1 Å². The number of nitrogens with zero attached hydrogens (tertiary/aromatic N) is 2. The number of nitrogens with two attached hydrogens (primary N) is 1. The van der Waals surface area contributed by atoms with E-state index in [9.17, 15) is 9.59 Å². The molecule has 2 amide bonds. The Labute approximate surface area is 154 Å². The molecule has 0 unspecified atom stereocenters. The Balaban J connectivity index is 1.91. The average molecular weight is 400 g/mol. The number of carbonyl (C=O) groups excluding carboxylic acids is 2. The van der Waals surface area contributed by atoms with E-state index in [4.69, 9.17) is 5.73 Å². The maximum Gasteiger partial charge on any atom is 0.271 e. The number of halogens is 1. The lowest BCUT2D eigenvalue weighted by atomic mass is 10.1. The van der Waals surface area contributed by atoms with Crippen molar-refractivity contribution < 1.29 is 9.59 Å². The van der Waals surface area contributed by atoms with Crippen molar-refractivity contribution in [3.8, 4) is 0 Å². The second kappa shape index (κ2) is 6.72. The summed E-state index contributed by atoms with van der Waals surface area (Å²) in [5, 5.41) is 0.998. The topological polar surface area (TPSA) is 68.3 Å². The van der Waals surface area contributed by atoms with Crippen LogP contribution in [0.1, 0.15) is 26.4 Å². The summed E-state index contributed by atoms with van der Waals surface area (Å²) in [6.45, 7) is 0.383. The SMILES string of the molecule is CN(Cc1cccc(C(N)=O)c1)C(=O)c1c(Br)c2ccccc2n1C. The Morgan fingerprint density at radius 2 is 1.88 bits per heavy atom. The maximum absolute atomic E-state index is 13.0. The molecule has 1 aromatic heterocycles. The van der Waals surface area contributed by atoms with Crippen molar-refractivity contribution in [2.75, 3.05) is 7.05 Å². The van der Waals surface area contributed by atoms with E-state index < -0.39 is 5.91 Å². The molecule has 0 saturated carbocycles. The lowest BCUT2D eigenvalue weighted by molar-refractivity contribution is 0.0775. The van der Waals surface area contributed by atoms with Crippen LogP contribution < -0.4 is 5.73 Å². The fourth-order valence-electron chi connectivity index (χ4n) is 2.93.